The SMILES string of the molecule is Cc1ccc(S(=O)(=O)N(CCc2ccccc2)CC(=O)N/N=C/c2cc(C)n(-c3ccc(C)c(C)c3)c2C)cc1. The van der Waals surface area contributed by atoms with Crippen molar-refractivity contribution in [3.05, 3.63) is 118 Å². The number of carbonyl (C=O) groups excluding carboxylic acids is 1. The zero-order chi connectivity index (χ0) is 28.9. The van der Waals surface area contributed by atoms with Gasteiger partial charge < -0.3 is 4.57 Å². The Bertz CT molecular complexity index is 1620. The summed E-state index contributed by atoms with van der Waals surface area (Å²) < 4.78 is 30.3. The van der Waals surface area contributed by atoms with Gasteiger partial charge in [-0.2, -0.15) is 9.41 Å². The molecule has 0 aliphatic carbocycles. The van der Waals surface area contributed by atoms with Gasteiger partial charge in [-0.3, -0.25) is 4.79 Å². The molecule has 3 aromatic carbocycles. The molecule has 40 heavy (non-hydrogen) atoms. The number of aromatic nitrogens is 1. The highest BCUT2D eigenvalue weighted by molar-refractivity contribution is 7.89. The number of nitrogens with zero attached hydrogens (tertiary/aromatic N) is 3. The van der Waals surface area contributed by atoms with E-state index in [9.17, 15) is 13.2 Å². The predicted molar refractivity (Wildman–Crippen MR) is 161 cm³/mol. The summed E-state index contributed by atoms with van der Waals surface area (Å²) in [7, 11) is -3.89. The molecular weight excluding hydrogens is 520 g/mol. The van der Waals surface area contributed by atoms with Gasteiger partial charge in [-0.25, -0.2) is 13.8 Å². The molecule has 0 unspecified atom stereocenters. The van der Waals surface area contributed by atoms with Gasteiger partial charge in [0.15, 0.2) is 0 Å². The topological polar surface area (TPSA) is 83.8 Å². The third kappa shape index (κ3) is 6.76. The largest absolute Gasteiger partial charge is 0.318 e. The van der Waals surface area contributed by atoms with Crippen LogP contribution in [0.4, 0.5) is 0 Å². The highest BCUT2D eigenvalue weighted by Crippen LogP contribution is 2.22. The lowest BCUT2D eigenvalue weighted by Gasteiger charge is -2.21. The van der Waals surface area contributed by atoms with Crippen LogP contribution < -0.4 is 5.43 Å². The lowest BCUT2D eigenvalue weighted by Crippen LogP contribution is -2.40. The summed E-state index contributed by atoms with van der Waals surface area (Å²) in [5.74, 6) is -0.511. The Morgan fingerprint density at radius 2 is 1.60 bits per heavy atom. The fourth-order valence-corrected chi connectivity index (χ4v) is 5.99. The Morgan fingerprint density at radius 1 is 0.900 bits per heavy atom. The maximum atomic E-state index is 13.5. The summed E-state index contributed by atoms with van der Waals surface area (Å²) in [5.41, 5.74) is 10.9. The molecule has 1 aromatic heterocycles. The predicted octanol–water partition coefficient (Wildman–Crippen LogP) is 5.40. The number of hydrogen-bond donors (Lipinski definition) is 1. The molecule has 8 heteroatoms. The normalized spacial score (nSPS) is 11.8. The Balaban J connectivity index is 1.49. The molecule has 1 heterocycles. The first-order chi connectivity index (χ1) is 19.1. The smallest absolute Gasteiger partial charge is 0.255 e. The molecule has 1 amide bonds. The number of benzene rings is 3. The average molecular weight is 557 g/mol. The van der Waals surface area contributed by atoms with Crippen LogP contribution in [-0.2, 0) is 21.2 Å². The molecule has 208 valence electrons. The average Bonchev–Trinajstić information content (AvgIpc) is 3.21. The van der Waals surface area contributed by atoms with Gasteiger partial charge in [0, 0.05) is 29.2 Å². The van der Waals surface area contributed by atoms with Crippen molar-refractivity contribution in [3.8, 4) is 5.69 Å². The molecule has 0 bridgehead atoms. The first kappa shape index (κ1) is 29.0. The third-order valence-electron chi connectivity index (χ3n) is 7.08. The molecular formula is C32H36N4O3S. The molecule has 0 fully saturated rings. The van der Waals surface area contributed by atoms with E-state index in [1.807, 2.05) is 57.2 Å². The number of sulfonamides is 1. The van der Waals surface area contributed by atoms with Gasteiger partial charge in [-0.1, -0.05) is 54.1 Å². The Hall–Kier alpha value is -4.01. The fourth-order valence-electron chi connectivity index (χ4n) is 4.59. The van der Waals surface area contributed by atoms with E-state index in [-0.39, 0.29) is 18.0 Å². The molecule has 4 rings (SSSR count). The number of carbonyl (C=O) groups is 1. The molecule has 0 saturated heterocycles. The minimum Gasteiger partial charge on any atom is -0.318 e. The van der Waals surface area contributed by atoms with Crippen molar-refractivity contribution in [1.29, 1.82) is 0 Å². The molecule has 1 N–H and O–H groups in total. The monoisotopic (exact) mass is 556 g/mol. The number of hydrogen-bond acceptors (Lipinski definition) is 4. The van der Waals surface area contributed by atoms with Crippen LogP contribution in [0.15, 0.2) is 88.9 Å². The summed E-state index contributed by atoms with van der Waals surface area (Å²) in [6, 6.07) is 24.6. The van der Waals surface area contributed by atoms with Crippen molar-refractivity contribution < 1.29 is 13.2 Å². The second-order valence-electron chi connectivity index (χ2n) is 10.1. The van der Waals surface area contributed by atoms with Crippen molar-refractivity contribution in [2.75, 3.05) is 13.1 Å². The second kappa shape index (κ2) is 12.4. The Labute approximate surface area is 237 Å². The van der Waals surface area contributed by atoms with E-state index < -0.39 is 15.9 Å². The van der Waals surface area contributed by atoms with Crippen LogP contribution >= 0.6 is 0 Å². The molecule has 0 saturated carbocycles. The van der Waals surface area contributed by atoms with Crippen LogP contribution in [0.25, 0.3) is 5.69 Å². The third-order valence-corrected chi connectivity index (χ3v) is 8.94. The van der Waals surface area contributed by atoms with Crippen molar-refractivity contribution in [2.24, 2.45) is 5.10 Å². The van der Waals surface area contributed by atoms with E-state index in [2.05, 4.69) is 47.1 Å². The van der Waals surface area contributed by atoms with Crippen LogP contribution in [0, 0.1) is 34.6 Å². The van der Waals surface area contributed by atoms with Gasteiger partial charge >= 0.3 is 0 Å². The maximum absolute atomic E-state index is 13.5. The van der Waals surface area contributed by atoms with E-state index in [1.54, 1.807) is 30.5 Å². The van der Waals surface area contributed by atoms with Crippen LogP contribution in [0.1, 0.15) is 39.2 Å². The lowest BCUT2D eigenvalue weighted by molar-refractivity contribution is -0.121. The summed E-state index contributed by atoms with van der Waals surface area (Å²) >= 11 is 0. The van der Waals surface area contributed by atoms with Gasteiger partial charge in [-0.15, -0.1) is 0 Å². The van der Waals surface area contributed by atoms with E-state index in [0.29, 0.717) is 6.42 Å². The second-order valence-corrected chi connectivity index (χ2v) is 12.0. The first-order valence-corrected chi connectivity index (χ1v) is 14.7. The Kier molecular flexibility index (Phi) is 9.02. The minimum absolute atomic E-state index is 0.154. The number of rotatable bonds is 10. The highest BCUT2D eigenvalue weighted by atomic mass is 32.2. The van der Waals surface area contributed by atoms with Crippen molar-refractivity contribution in [3.63, 3.8) is 0 Å². The standard InChI is InChI=1S/C32H36N4O3S/c1-23-11-15-31(16-12-23)40(38,39)35(18-17-28-9-7-6-8-10-28)22-32(37)34-33-21-29-20-26(4)36(27(29)5)30-14-13-24(2)25(3)19-30/h6-16,19-21H,17-18,22H2,1-5H3,(H,34,37)/b33-21+. The molecule has 0 aliphatic heterocycles. The molecule has 7 nitrogen and oxygen atoms in total. The van der Waals surface area contributed by atoms with Crippen molar-refractivity contribution in [1.82, 2.24) is 14.3 Å². The summed E-state index contributed by atoms with van der Waals surface area (Å²) in [4.78, 5) is 13.1. The molecule has 4 aromatic rings. The van der Waals surface area contributed by atoms with Gasteiger partial charge in [0.25, 0.3) is 5.91 Å². The molecule has 0 aliphatic rings. The van der Waals surface area contributed by atoms with E-state index in [1.165, 1.54) is 15.4 Å². The van der Waals surface area contributed by atoms with Gasteiger partial charge in [0.1, 0.15) is 0 Å². The maximum Gasteiger partial charge on any atom is 0.255 e. The van der Waals surface area contributed by atoms with Gasteiger partial charge in [0.05, 0.1) is 17.7 Å². The highest BCUT2D eigenvalue weighted by Gasteiger charge is 2.26. The first-order valence-electron chi connectivity index (χ1n) is 13.3. The number of aryl methyl sites for hydroxylation is 4. The van der Waals surface area contributed by atoms with Crippen molar-refractivity contribution >= 4 is 22.1 Å². The number of hydrazone groups is 1. The number of amides is 1. The summed E-state index contributed by atoms with van der Waals surface area (Å²) in [5, 5.41) is 4.16. The molecule has 0 spiro atoms. The molecule has 0 radical (unpaired) electrons. The van der Waals surface area contributed by atoms with E-state index in [4.69, 9.17) is 0 Å². The van der Waals surface area contributed by atoms with Gasteiger partial charge in [0.2, 0.25) is 10.0 Å². The van der Waals surface area contributed by atoms with Crippen LogP contribution in [-0.4, -0.2) is 42.5 Å². The number of nitrogens with one attached hydrogen (secondary N) is 1. The van der Waals surface area contributed by atoms with Crippen LogP contribution in [0.3, 0.4) is 0 Å². The summed E-state index contributed by atoms with van der Waals surface area (Å²) in [6.45, 7) is 9.92. The Morgan fingerprint density at radius 3 is 2.27 bits per heavy atom. The van der Waals surface area contributed by atoms with Crippen LogP contribution in [0.5, 0.6) is 0 Å². The molecule has 0 atom stereocenters. The van der Waals surface area contributed by atoms with E-state index in [0.717, 1.165) is 33.8 Å². The minimum atomic E-state index is -3.89. The lowest BCUT2D eigenvalue weighted by atomic mass is 10.1. The van der Waals surface area contributed by atoms with Gasteiger partial charge in [-0.05, 0) is 88.1 Å². The van der Waals surface area contributed by atoms with Crippen molar-refractivity contribution in [2.45, 2.75) is 45.9 Å². The quantitative estimate of drug-likeness (QED) is 0.210. The van der Waals surface area contributed by atoms with Crippen LogP contribution in [0.2, 0.25) is 0 Å². The summed E-state index contributed by atoms with van der Waals surface area (Å²) in [6.07, 6.45) is 2.08. The zero-order valence-electron chi connectivity index (χ0n) is 23.7. The zero-order valence-corrected chi connectivity index (χ0v) is 24.5. The fraction of sp³-hybridized carbons (Fsp3) is 0.250. The van der Waals surface area contributed by atoms with E-state index >= 15 is 0 Å².